The number of aryl methyl sites for hydroxylation is 1. The highest BCUT2D eigenvalue weighted by atomic mass is 35.5. The lowest BCUT2D eigenvalue weighted by Gasteiger charge is -2.30. The Bertz CT molecular complexity index is 1020. The van der Waals surface area contributed by atoms with Crippen molar-refractivity contribution >= 4 is 17.5 Å². The van der Waals surface area contributed by atoms with Crippen LogP contribution in [0.2, 0.25) is 5.02 Å². The molecule has 1 aliphatic heterocycles. The van der Waals surface area contributed by atoms with Gasteiger partial charge in [0.15, 0.2) is 0 Å². The van der Waals surface area contributed by atoms with Crippen molar-refractivity contribution in [3.63, 3.8) is 0 Å². The van der Waals surface area contributed by atoms with Gasteiger partial charge in [-0.25, -0.2) is 4.39 Å². The largest absolute Gasteiger partial charge is 0.356 e. The fraction of sp³-hybridized carbons (Fsp3) is 0.375. The Kier molecular flexibility index (Phi) is 7.50. The van der Waals surface area contributed by atoms with Crippen molar-refractivity contribution in [3.8, 4) is 11.4 Å². The van der Waals surface area contributed by atoms with Gasteiger partial charge in [-0.3, -0.25) is 9.69 Å². The molecular formula is C24H26ClFN4O2. The second-order valence-corrected chi connectivity index (χ2v) is 8.55. The first-order valence-corrected chi connectivity index (χ1v) is 11.3. The van der Waals surface area contributed by atoms with Crippen molar-refractivity contribution in [1.82, 2.24) is 20.4 Å². The monoisotopic (exact) mass is 456 g/mol. The van der Waals surface area contributed by atoms with Gasteiger partial charge < -0.3 is 9.84 Å². The standard InChI is InChI=1S/C24H26ClFN4O2/c25-20-9-5-17(6-10-20)3-1-13-27-24(31)19-4-2-14-30(15-19)16-22-28-23(29-32-22)18-7-11-21(26)12-8-18/h5-12,19H,1-4,13-16H2,(H,27,31). The minimum Gasteiger partial charge on any atom is -0.356 e. The molecule has 3 aromatic rings. The van der Waals surface area contributed by atoms with Crippen molar-refractivity contribution < 1.29 is 13.7 Å². The molecule has 1 saturated heterocycles. The van der Waals surface area contributed by atoms with Crippen molar-refractivity contribution in [1.29, 1.82) is 0 Å². The van der Waals surface area contributed by atoms with E-state index in [0.29, 0.717) is 36.9 Å². The third-order valence-electron chi connectivity index (χ3n) is 5.66. The summed E-state index contributed by atoms with van der Waals surface area (Å²) in [6.07, 6.45) is 3.62. The van der Waals surface area contributed by atoms with Crippen LogP contribution < -0.4 is 5.32 Å². The number of nitrogens with one attached hydrogen (secondary N) is 1. The fourth-order valence-electron chi connectivity index (χ4n) is 3.94. The fourth-order valence-corrected chi connectivity index (χ4v) is 4.07. The number of carbonyl (C=O) groups is 1. The molecule has 1 aromatic heterocycles. The Morgan fingerprint density at radius 1 is 1.19 bits per heavy atom. The maximum Gasteiger partial charge on any atom is 0.241 e. The number of piperidine rings is 1. The molecule has 0 saturated carbocycles. The smallest absolute Gasteiger partial charge is 0.241 e. The molecule has 1 atom stereocenters. The van der Waals surface area contributed by atoms with Gasteiger partial charge in [0.25, 0.3) is 0 Å². The lowest BCUT2D eigenvalue weighted by Crippen LogP contribution is -2.43. The number of likely N-dealkylation sites (tertiary alicyclic amines) is 1. The molecule has 1 N–H and O–H groups in total. The van der Waals surface area contributed by atoms with Gasteiger partial charge in [-0.05, 0) is 74.2 Å². The summed E-state index contributed by atoms with van der Waals surface area (Å²) >= 11 is 5.91. The average molecular weight is 457 g/mol. The molecule has 0 bridgehead atoms. The minimum absolute atomic E-state index is 0.0428. The number of hydrogen-bond acceptors (Lipinski definition) is 5. The molecule has 1 unspecified atom stereocenters. The zero-order valence-corrected chi connectivity index (χ0v) is 18.5. The van der Waals surface area contributed by atoms with E-state index in [1.54, 1.807) is 12.1 Å². The van der Waals surface area contributed by atoms with Gasteiger partial charge in [-0.2, -0.15) is 4.98 Å². The van der Waals surface area contributed by atoms with E-state index in [-0.39, 0.29) is 17.6 Å². The van der Waals surface area contributed by atoms with Crippen molar-refractivity contribution in [2.75, 3.05) is 19.6 Å². The molecule has 2 aromatic carbocycles. The van der Waals surface area contributed by atoms with Gasteiger partial charge >= 0.3 is 0 Å². The molecule has 1 aliphatic rings. The molecule has 1 amide bonds. The quantitative estimate of drug-likeness (QED) is 0.506. The molecule has 4 rings (SSSR count). The molecule has 1 fully saturated rings. The number of rotatable bonds is 8. The van der Waals surface area contributed by atoms with Crippen molar-refractivity contribution in [2.24, 2.45) is 5.92 Å². The van der Waals surface area contributed by atoms with E-state index < -0.39 is 0 Å². The van der Waals surface area contributed by atoms with Gasteiger partial charge in [0.05, 0.1) is 12.5 Å². The summed E-state index contributed by atoms with van der Waals surface area (Å²) < 4.78 is 18.5. The third kappa shape index (κ3) is 6.14. The zero-order valence-electron chi connectivity index (χ0n) is 17.8. The van der Waals surface area contributed by atoms with E-state index in [2.05, 4.69) is 20.4 Å². The van der Waals surface area contributed by atoms with Gasteiger partial charge in [0.2, 0.25) is 17.6 Å². The van der Waals surface area contributed by atoms with Crippen LogP contribution in [0, 0.1) is 11.7 Å². The van der Waals surface area contributed by atoms with E-state index >= 15 is 0 Å². The summed E-state index contributed by atoms with van der Waals surface area (Å²) in [4.78, 5) is 19.2. The number of carbonyl (C=O) groups excluding carboxylic acids is 1. The summed E-state index contributed by atoms with van der Waals surface area (Å²) in [5.74, 6) is 0.683. The maximum atomic E-state index is 13.1. The lowest BCUT2D eigenvalue weighted by atomic mass is 9.97. The number of aromatic nitrogens is 2. The van der Waals surface area contributed by atoms with Crippen LogP contribution in [0.4, 0.5) is 4.39 Å². The maximum absolute atomic E-state index is 13.1. The summed E-state index contributed by atoms with van der Waals surface area (Å²) in [7, 11) is 0. The number of nitrogens with zero attached hydrogens (tertiary/aromatic N) is 3. The third-order valence-corrected chi connectivity index (χ3v) is 5.91. The molecular weight excluding hydrogens is 431 g/mol. The molecule has 32 heavy (non-hydrogen) atoms. The normalized spacial score (nSPS) is 16.8. The van der Waals surface area contributed by atoms with Crippen LogP contribution in [-0.4, -0.2) is 40.6 Å². The molecule has 6 nitrogen and oxygen atoms in total. The number of halogens is 2. The minimum atomic E-state index is -0.305. The lowest BCUT2D eigenvalue weighted by molar-refractivity contribution is -0.126. The molecule has 2 heterocycles. The van der Waals surface area contributed by atoms with Crippen LogP contribution in [0.1, 0.15) is 30.7 Å². The zero-order chi connectivity index (χ0) is 22.3. The van der Waals surface area contributed by atoms with E-state index in [4.69, 9.17) is 16.1 Å². The van der Waals surface area contributed by atoms with Gasteiger partial charge in [0.1, 0.15) is 5.82 Å². The second kappa shape index (κ2) is 10.7. The van der Waals surface area contributed by atoms with E-state index in [9.17, 15) is 9.18 Å². The predicted molar refractivity (Wildman–Crippen MR) is 120 cm³/mol. The number of benzene rings is 2. The summed E-state index contributed by atoms with van der Waals surface area (Å²) in [6, 6.07) is 13.8. The summed E-state index contributed by atoms with van der Waals surface area (Å²) in [5, 5.41) is 7.80. The Morgan fingerprint density at radius 2 is 1.97 bits per heavy atom. The van der Waals surface area contributed by atoms with Gasteiger partial charge in [-0.15, -0.1) is 0 Å². The molecule has 168 valence electrons. The molecule has 0 radical (unpaired) electrons. The van der Waals surface area contributed by atoms with Crippen molar-refractivity contribution in [2.45, 2.75) is 32.2 Å². The second-order valence-electron chi connectivity index (χ2n) is 8.11. The van der Waals surface area contributed by atoms with E-state index in [1.165, 1.54) is 17.7 Å². The molecule has 0 aliphatic carbocycles. The van der Waals surface area contributed by atoms with Crippen LogP contribution in [0.15, 0.2) is 53.1 Å². The average Bonchev–Trinajstić information content (AvgIpc) is 3.27. The highest BCUT2D eigenvalue weighted by Crippen LogP contribution is 2.21. The van der Waals surface area contributed by atoms with E-state index in [1.807, 2.05) is 24.3 Å². The van der Waals surface area contributed by atoms with Crippen molar-refractivity contribution in [3.05, 3.63) is 70.8 Å². The van der Waals surface area contributed by atoms with Gasteiger partial charge in [0, 0.05) is 23.7 Å². The highest BCUT2D eigenvalue weighted by Gasteiger charge is 2.26. The molecule has 8 heteroatoms. The first-order valence-electron chi connectivity index (χ1n) is 10.9. The summed E-state index contributed by atoms with van der Waals surface area (Å²) in [5.41, 5.74) is 1.92. The molecule has 0 spiro atoms. The predicted octanol–water partition coefficient (Wildman–Crippen LogP) is 4.49. The van der Waals surface area contributed by atoms with Gasteiger partial charge in [-0.1, -0.05) is 28.9 Å². The van der Waals surface area contributed by atoms with Crippen LogP contribution in [0.3, 0.4) is 0 Å². The Balaban J connectivity index is 1.23. The van der Waals surface area contributed by atoms with E-state index in [0.717, 1.165) is 37.3 Å². The SMILES string of the molecule is O=C(NCCCc1ccc(Cl)cc1)C1CCCN(Cc2nc(-c3ccc(F)cc3)no2)C1. The summed E-state index contributed by atoms with van der Waals surface area (Å²) in [6.45, 7) is 2.70. The first kappa shape index (κ1) is 22.4. The Labute approximate surface area is 191 Å². The number of amides is 1. The number of hydrogen-bond donors (Lipinski definition) is 1. The van der Waals surface area contributed by atoms with Crippen LogP contribution >= 0.6 is 11.6 Å². The van der Waals surface area contributed by atoms with Crippen LogP contribution in [-0.2, 0) is 17.8 Å². The topological polar surface area (TPSA) is 71.3 Å². The van der Waals surface area contributed by atoms with Crippen LogP contribution in [0.5, 0.6) is 0 Å². The first-order chi connectivity index (χ1) is 15.6. The Hall–Kier alpha value is -2.77. The Morgan fingerprint density at radius 3 is 2.75 bits per heavy atom. The van der Waals surface area contributed by atoms with Crippen LogP contribution in [0.25, 0.3) is 11.4 Å². The highest BCUT2D eigenvalue weighted by molar-refractivity contribution is 6.30.